The number of fused-ring (bicyclic) bond motifs is 1. The molecular weight excluding hydrogens is 216 g/mol. The average Bonchev–Trinajstić information content (AvgIpc) is 2.61. The van der Waals surface area contributed by atoms with Gasteiger partial charge in [0, 0.05) is 11.6 Å². The van der Waals surface area contributed by atoms with E-state index in [-0.39, 0.29) is 0 Å². The quantitative estimate of drug-likeness (QED) is 0.734. The van der Waals surface area contributed by atoms with Crippen LogP contribution < -0.4 is 0 Å². The predicted octanol–water partition coefficient (Wildman–Crippen LogP) is 2.40. The Labute approximate surface area is 90.8 Å². The van der Waals surface area contributed by atoms with Crippen LogP contribution in [0.3, 0.4) is 0 Å². The highest BCUT2D eigenvalue weighted by molar-refractivity contribution is 7.80. The van der Waals surface area contributed by atoms with Gasteiger partial charge in [-0.25, -0.2) is 9.97 Å². The molecule has 14 heavy (non-hydrogen) atoms. The molecule has 2 rings (SSSR count). The molecule has 0 radical (unpaired) electrons. The molecule has 0 bridgehead atoms. The summed E-state index contributed by atoms with van der Waals surface area (Å²) in [6.07, 6.45) is 3.31. The third-order valence-electron chi connectivity index (χ3n) is 1.67. The lowest BCUT2D eigenvalue weighted by Crippen LogP contribution is -1.99. The summed E-state index contributed by atoms with van der Waals surface area (Å²) in [6, 6.07) is 1.96. The van der Waals surface area contributed by atoms with Gasteiger partial charge >= 0.3 is 0 Å². The largest absolute Gasteiger partial charge is 0.483 e. The maximum atomic E-state index is 5.25. The fourth-order valence-corrected chi connectivity index (χ4v) is 2.26. The molecule has 0 aliphatic carbocycles. The smallest absolute Gasteiger partial charge is 0.201 e. The molecule has 72 valence electrons. The van der Waals surface area contributed by atoms with E-state index < -0.39 is 0 Å². The zero-order valence-corrected chi connectivity index (χ0v) is 9.19. The van der Waals surface area contributed by atoms with E-state index in [4.69, 9.17) is 17.0 Å². The van der Waals surface area contributed by atoms with Crippen LogP contribution in [0, 0.1) is 0 Å². The molecule has 0 aliphatic heterocycles. The third kappa shape index (κ3) is 1.73. The molecule has 0 aliphatic rings. The van der Waals surface area contributed by atoms with Crippen LogP contribution in [0.5, 0.6) is 0 Å². The van der Waals surface area contributed by atoms with E-state index in [2.05, 4.69) is 9.97 Å². The van der Waals surface area contributed by atoms with Crippen LogP contribution in [0.1, 0.15) is 11.8 Å². The minimum absolute atomic E-state index is 0.538. The summed E-state index contributed by atoms with van der Waals surface area (Å²) in [5, 5.41) is 1.55. The first kappa shape index (κ1) is 9.48. The van der Waals surface area contributed by atoms with Crippen molar-refractivity contribution in [2.45, 2.75) is 6.92 Å². The molecule has 0 aromatic carbocycles. The van der Waals surface area contributed by atoms with Gasteiger partial charge in [0.05, 0.1) is 11.5 Å². The highest BCUT2D eigenvalue weighted by Crippen LogP contribution is 2.23. The van der Waals surface area contributed by atoms with E-state index in [9.17, 15) is 0 Å². The van der Waals surface area contributed by atoms with Crippen molar-refractivity contribution in [2.24, 2.45) is 0 Å². The van der Waals surface area contributed by atoms with Gasteiger partial charge in [-0.3, -0.25) is 0 Å². The highest BCUT2D eigenvalue weighted by Gasteiger charge is 2.07. The maximum absolute atomic E-state index is 5.25. The Bertz CT molecular complexity index is 434. The number of nitrogens with zero attached hydrogens (tertiary/aromatic N) is 2. The molecule has 0 spiro atoms. The van der Waals surface area contributed by atoms with Crippen molar-refractivity contribution in [2.75, 3.05) is 6.61 Å². The van der Waals surface area contributed by atoms with Gasteiger partial charge in [0.2, 0.25) is 5.05 Å². The summed E-state index contributed by atoms with van der Waals surface area (Å²) in [6.45, 7) is 2.51. The van der Waals surface area contributed by atoms with Gasteiger partial charge in [-0.2, -0.15) is 0 Å². The van der Waals surface area contributed by atoms with E-state index in [1.807, 2.05) is 13.0 Å². The summed E-state index contributed by atoms with van der Waals surface area (Å²) in [5.74, 6) is 0. The Kier molecular flexibility index (Phi) is 2.69. The van der Waals surface area contributed by atoms with Crippen molar-refractivity contribution in [1.29, 1.82) is 0 Å². The lowest BCUT2D eigenvalue weighted by molar-refractivity contribution is 0.338. The first-order valence-electron chi connectivity index (χ1n) is 4.18. The molecule has 2 aromatic rings. The lowest BCUT2D eigenvalue weighted by Gasteiger charge is -1.99. The number of hydrogen-bond acceptors (Lipinski definition) is 5. The molecular formula is C9H8N2OS2. The number of thiophene rings is 1. The van der Waals surface area contributed by atoms with Gasteiger partial charge in [-0.15, -0.1) is 11.3 Å². The van der Waals surface area contributed by atoms with Crippen molar-refractivity contribution in [3.8, 4) is 0 Å². The van der Waals surface area contributed by atoms with Gasteiger partial charge in [0.15, 0.2) is 0 Å². The van der Waals surface area contributed by atoms with E-state index in [0.717, 1.165) is 15.1 Å². The Morgan fingerprint density at radius 3 is 3.21 bits per heavy atom. The van der Waals surface area contributed by atoms with Gasteiger partial charge in [0.25, 0.3) is 0 Å². The highest BCUT2D eigenvalue weighted by atomic mass is 32.1. The zero-order chi connectivity index (χ0) is 9.97. The Morgan fingerprint density at radius 1 is 1.64 bits per heavy atom. The van der Waals surface area contributed by atoms with Crippen LogP contribution in [-0.2, 0) is 4.74 Å². The number of hydrogen-bond donors (Lipinski definition) is 0. The second kappa shape index (κ2) is 3.98. The summed E-state index contributed by atoms with van der Waals surface area (Å²) >= 11 is 6.63. The van der Waals surface area contributed by atoms with Gasteiger partial charge in [-0.1, -0.05) is 0 Å². The van der Waals surface area contributed by atoms with E-state index >= 15 is 0 Å². The van der Waals surface area contributed by atoms with Crippen LogP contribution >= 0.6 is 23.6 Å². The summed E-state index contributed by atoms with van der Waals surface area (Å²) in [5.41, 5.74) is 0. The van der Waals surface area contributed by atoms with Crippen molar-refractivity contribution < 1.29 is 4.74 Å². The Balaban J connectivity index is 2.40. The molecule has 0 saturated carbocycles. The molecule has 0 atom stereocenters. The van der Waals surface area contributed by atoms with Gasteiger partial charge < -0.3 is 4.74 Å². The second-order valence-electron chi connectivity index (χ2n) is 2.61. The average molecular weight is 224 g/mol. The van der Waals surface area contributed by atoms with E-state index in [1.165, 1.54) is 17.7 Å². The minimum Gasteiger partial charge on any atom is -0.483 e. The normalized spacial score (nSPS) is 10.4. The molecule has 0 N–H and O–H groups in total. The van der Waals surface area contributed by atoms with Crippen LogP contribution in [0.2, 0.25) is 0 Å². The lowest BCUT2D eigenvalue weighted by atomic mass is 10.4. The monoisotopic (exact) mass is 224 g/mol. The fourth-order valence-electron chi connectivity index (χ4n) is 1.09. The van der Waals surface area contributed by atoms with Crippen molar-refractivity contribution in [3.05, 3.63) is 23.5 Å². The van der Waals surface area contributed by atoms with Crippen molar-refractivity contribution in [1.82, 2.24) is 9.97 Å². The molecule has 0 unspecified atom stereocenters. The number of rotatable bonds is 2. The fraction of sp³-hybridized carbons (Fsp3) is 0.222. The van der Waals surface area contributed by atoms with Crippen LogP contribution in [0.15, 0.2) is 18.6 Å². The molecule has 0 amide bonds. The molecule has 0 fully saturated rings. The molecule has 2 heterocycles. The molecule has 2 aromatic heterocycles. The van der Waals surface area contributed by atoms with Gasteiger partial charge in [-0.05, 0) is 25.2 Å². The summed E-state index contributed by atoms with van der Waals surface area (Å²) in [4.78, 5) is 9.96. The standard InChI is InChI=1S/C9H8N2OS2/c1-2-12-9(13)7-3-6-4-10-5-11-8(6)14-7/h3-5H,2H2,1H3. The SMILES string of the molecule is CCOC(=S)c1cc2cncnc2s1. The number of thiocarbonyl (C=S) groups is 1. The summed E-state index contributed by atoms with van der Waals surface area (Å²) in [7, 11) is 0. The van der Waals surface area contributed by atoms with Crippen LogP contribution in [0.25, 0.3) is 10.2 Å². The van der Waals surface area contributed by atoms with Gasteiger partial charge in [0.1, 0.15) is 11.2 Å². The minimum atomic E-state index is 0.538. The molecule has 0 saturated heterocycles. The Hall–Kier alpha value is -1.07. The predicted molar refractivity (Wildman–Crippen MR) is 60.7 cm³/mol. The molecule has 3 nitrogen and oxygen atoms in total. The van der Waals surface area contributed by atoms with Crippen LogP contribution in [-0.4, -0.2) is 21.6 Å². The number of aromatic nitrogens is 2. The topological polar surface area (TPSA) is 35.0 Å². The van der Waals surface area contributed by atoms with Crippen molar-refractivity contribution >= 4 is 38.8 Å². The maximum Gasteiger partial charge on any atom is 0.201 e. The summed E-state index contributed by atoms with van der Waals surface area (Å²) < 4.78 is 5.25. The first-order chi connectivity index (χ1) is 6.81. The van der Waals surface area contributed by atoms with E-state index in [0.29, 0.717) is 11.7 Å². The van der Waals surface area contributed by atoms with Crippen LogP contribution in [0.4, 0.5) is 0 Å². The van der Waals surface area contributed by atoms with Crippen molar-refractivity contribution in [3.63, 3.8) is 0 Å². The third-order valence-corrected chi connectivity index (χ3v) is 3.20. The first-order valence-corrected chi connectivity index (χ1v) is 5.40. The van der Waals surface area contributed by atoms with E-state index in [1.54, 1.807) is 6.20 Å². The molecule has 5 heteroatoms. The second-order valence-corrected chi connectivity index (χ2v) is 4.02. The zero-order valence-electron chi connectivity index (χ0n) is 7.56. The number of ether oxygens (including phenoxy) is 1. The Morgan fingerprint density at radius 2 is 2.50 bits per heavy atom.